The SMILES string of the molecule is Cn1cc(C#N)cc1C(=O)NCCc1ccccc1F. The summed E-state index contributed by atoms with van der Waals surface area (Å²) in [5.41, 5.74) is 1.42. The summed E-state index contributed by atoms with van der Waals surface area (Å²) in [5, 5.41) is 11.5. The van der Waals surface area contributed by atoms with Crippen molar-refractivity contribution in [2.24, 2.45) is 7.05 Å². The fraction of sp³-hybridized carbons (Fsp3) is 0.200. The Hall–Kier alpha value is -2.61. The maximum Gasteiger partial charge on any atom is 0.267 e. The smallest absolute Gasteiger partial charge is 0.267 e. The zero-order valence-electron chi connectivity index (χ0n) is 11.1. The highest BCUT2D eigenvalue weighted by molar-refractivity contribution is 5.93. The summed E-state index contributed by atoms with van der Waals surface area (Å²) in [6.07, 6.45) is 2.01. The number of hydrogen-bond donors (Lipinski definition) is 1. The van der Waals surface area contributed by atoms with E-state index in [0.29, 0.717) is 29.8 Å². The molecule has 1 amide bonds. The van der Waals surface area contributed by atoms with Gasteiger partial charge in [-0.05, 0) is 24.1 Å². The van der Waals surface area contributed by atoms with Gasteiger partial charge in [0.2, 0.25) is 0 Å². The van der Waals surface area contributed by atoms with Crippen LogP contribution >= 0.6 is 0 Å². The lowest BCUT2D eigenvalue weighted by Gasteiger charge is -2.06. The summed E-state index contributed by atoms with van der Waals surface area (Å²) >= 11 is 0. The highest BCUT2D eigenvalue weighted by Gasteiger charge is 2.11. The van der Waals surface area contributed by atoms with Gasteiger partial charge < -0.3 is 9.88 Å². The molecular weight excluding hydrogens is 257 g/mol. The molecule has 1 heterocycles. The van der Waals surface area contributed by atoms with Crippen molar-refractivity contribution in [3.05, 3.63) is 59.2 Å². The van der Waals surface area contributed by atoms with Crippen LogP contribution in [0.25, 0.3) is 0 Å². The second-order valence-electron chi connectivity index (χ2n) is 4.43. The minimum atomic E-state index is -0.273. The minimum Gasteiger partial charge on any atom is -0.350 e. The van der Waals surface area contributed by atoms with Gasteiger partial charge in [0.05, 0.1) is 5.56 Å². The van der Waals surface area contributed by atoms with Gasteiger partial charge in [-0.15, -0.1) is 0 Å². The molecule has 0 fully saturated rings. The fourth-order valence-corrected chi connectivity index (χ4v) is 1.95. The molecule has 1 aromatic carbocycles. The normalized spacial score (nSPS) is 10.1. The zero-order chi connectivity index (χ0) is 14.5. The predicted octanol–water partition coefficient (Wildman–Crippen LogP) is 2.01. The summed E-state index contributed by atoms with van der Waals surface area (Å²) < 4.78 is 15.0. The van der Waals surface area contributed by atoms with Crippen LogP contribution < -0.4 is 5.32 Å². The highest BCUT2D eigenvalue weighted by atomic mass is 19.1. The Morgan fingerprint density at radius 1 is 1.45 bits per heavy atom. The van der Waals surface area contributed by atoms with Crippen LogP contribution in [0.3, 0.4) is 0 Å². The summed E-state index contributed by atoms with van der Waals surface area (Å²) in [6, 6.07) is 9.99. The number of benzene rings is 1. The molecule has 0 radical (unpaired) electrons. The van der Waals surface area contributed by atoms with E-state index in [1.165, 1.54) is 12.1 Å². The number of aromatic nitrogens is 1. The molecule has 0 aliphatic carbocycles. The number of halogens is 1. The maximum atomic E-state index is 13.4. The summed E-state index contributed by atoms with van der Waals surface area (Å²) in [6.45, 7) is 0.340. The van der Waals surface area contributed by atoms with E-state index < -0.39 is 0 Å². The van der Waals surface area contributed by atoms with Gasteiger partial charge in [0.25, 0.3) is 5.91 Å². The van der Waals surface area contributed by atoms with Crippen LogP contribution in [-0.4, -0.2) is 17.0 Å². The minimum absolute atomic E-state index is 0.271. The van der Waals surface area contributed by atoms with Gasteiger partial charge in [-0.1, -0.05) is 18.2 Å². The van der Waals surface area contributed by atoms with E-state index in [9.17, 15) is 9.18 Å². The average Bonchev–Trinajstić information content (AvgIpc) is 2.82. The van der Waals surface area contributed by atoms with Crippen LogP contribution in [0.15, 0.2) is 36.5 Å². The molecule has 0 spiro atoms. The molecule has 2 rings (SSSR count). The third-order valence-corrected chi connectivity index (χ3v) is 3.00. The number of carbonyl (C=O) groups excluding carboxylic acids is 1. The van der Waals surface area contributed by atoms with Crippen molar-refractivity contribution in [1.82, 2.24) is 9.88 Å². The van der Waals surface area contributed by atoms with Gasteiger partial charge in [0.1, 0.15) is 17.6 Å². The molecule has 0 saturated heterocycles. The van der Waals surface area contributed by atoms with Crippen molar-refractivity contribution >= 4 is 5.91 Å². The number of nitrogens with one attached hydrogen (secondary N) is 1. The summed E-state index contributed by atoms with van der Waals surface area (Å²) in [5.74, 6) is -0.544. The van der Waals surface area contributed by atoms with Crippen LogP contribution in [0.2, 0.25) is 0 Å². The molecule has 20 heavy (non-hydrogen) atoms. The second kappa shape index (κ2) is 6.02. The number of nitriles is 1. The van der Waals surface area contributed by atoms with Crippen molar-refractivity contribution in [1.29, 1.82) is 5.26 Å². The number of carbonyl (C=O) groups is 1. The number of aryl methyl sites for hydroxylation is 1. The van der Waals surface area contributed by atoms with Crippen molar-refractivity contribution < 1.29 is 9.18 Å². The Balaban J connectivity index is 1.94. The molecule has 0 aliphatic heterocycles. The molecule has 0 atom stereocenters. The van der Waals surface area contributed by atoms with Gasteiger partial charge in [-0.25, -0.2) is 4.39 Å². The highest BCUT2D eigenvalue weighted by Crippen LogP contribution is 2.08. The third kappa shape index (κ3) is 3.04. The van der Waals surface area contributed by atoms with E-state index in [1.54, 1.807) is 36.0 Å². The first-order chi connectivity index (χ1) is 9.61. The summed E-state index contributed by atoms with van der Waals surface area (Å²) in [7, 11) is 1.70. The van der Waals surface area contributed by atoms with Crippen LogP contribution in [0.5, 0.6) is 0 Å². The Kier molecular flexibility index (Phi) is 4.16. The van der Waals surface area contributed by atoms with E-state index >= 15 is 0 Å². The first-order valence-corrected chi connectivity index (χ1v) is 6.20. The molecule has 1 aromatic heterocycles. The van der Waals surface area contributed by atoms with Crippen LogP contribution in [0.1, 0.15) is 21.6 Å². The number of nitrogens with zero attached hydrogens (tertiary/aromatic N) is 2. The number of amides is 1. The lowest BCUT2D eigenvalue weighted by atomic mass is 10.1. The van der Waals surface area contributed by atoms with Crippen LogP contribution in [0, 0.1) is 17.1 Å². The Morgan fingerprint density at radius 3 is 2.85 bits per heavy atom. The van der Waals surface area contributed by atoms with E-state index in [-0.39, 0.29) is 11.7 Å². The lowest BCUT2D eigenvalue weighted by molar-refractivity contribution is 0.0946. The van der Waals surface area contributed by atoms with Crippen LogP contribution in [0.4, 0.5) is 4.39 Å². The van der Waals surface area contributed by atoms with Crippen LogP contribution in [-0.2, 0) is 13.5 Å². The Bertz CT molecular complexity index is 670. The summed E-state index contributed by atoms with van der Waals surface area (Å²) in [4.78, 5) is 11.9. The monoisotopic (exact) mass is 271 g/mol. The molecule has 1 N–H and O–H groups in total. The first kappa shape index (κ1) is 13.8. The average molecular weight is 271 g/mol. The molecule has 0 bridgehead atoms. The van der Waals surface area contributed by atoms with Crippen molar-refractivity contribution in [2.75, 3.05) is 6.54 Å². The van der Waals surface area contributed by atoms with Gasteiger partial charge in [-0.3, -0.25) is 4.79 Å². The fourth-order valence-electron chi connectivity index (χ4n) is 1.95. The molecule has 0 saturated carbocycles. The van der Waals surface area contributed by atoms with E-state index in [4.69, 9.17) is 5.26 Å². The standard InChI is InChI=1S/C15H14FN3O/c1-19-10-11(9-17)8-14(19)15(20)18-7-6-12-4-2-3-5-13(12)16/h2-5,8,10H,6-7H2,1H3,(H,18,20). The Morgan fingerprint density at radius 2 is 2.20 bits per heavy atom. The van der Waals surface area contributed by atoms with E-state index in [2.05, 4.69) is 5.32 Å². The predicted molar refractivity (Wildman–Crippen MR) is 72.6 cm³/mol. The molecule has 0 unspecified atom stereocenters. The van der Waals surface area contributed by atoms with Crippen molar-refractivity contribution in [3.63, 3.8) is 0 Å². The maximum absolute atomic E-state index is 13.4. The quantitative estimate of drug-likeness (QED) is 0.924. The first-order valence-electron chi connectivity index (χ1n) is 6.20. The van der Waals surface area contributed by atoms with E-state index in [0.717, 1.165) is 0 Å². The lowest BCUT2D eigenvalue weighted by Crippen LogP contribution is -2.27. The van der Waals surface area contributed by atoms with Crippen molar-refractivity contribution in [3.8, 4) is 6.07 Å². The molecule has 2 aromatic rings. The Labute approximate surface area is 116 Å². The topological polar surface area (TPSA) is 57.8 Å². The van der Waals surface area contributed by atoms with E-state index in [1.807, 2.05) is 6.07 Å². The van der Waals surface area contributed by atoms with Crippen molar-refractivity contribution in [2.45, 2.75) is 6.42 Å². The molecular formula is C15H14FN3O. The second-order valence-corrected chi connectivity index (χ2v) is 4.43. The molecule has 4 nitrogen and oxygen atoms in total. The molecule has 102 valence electrons. The number of hydrogen-bond acceptors (Lipinski definition) is 2. The third-order valence-electron chi connectivity index (χ3n) is 3.00. The largest absolute Gasteiger partial charge is 0.350 e. The number of rotatable bonds is 4. The van der Waals surface area contributed by atoms with Gasteiger partial charge >= 0.3 is 0 Å². The van der Waals surface area contributed by atoms with Gasteiger partial charge in [0.15, 0.2) is 0 Å². The van der Waals surface area contributed by atoms with Gasteiger partial charge in [-0.2, -0.15) is 5.26 Å². The van der Waals surface area contributed by atoms with Gasteiger partial charge in [0, 0.05) is 19.8 Å². The molecule has 5 heteroatoms. The molecule has 0 aliphatic rings. The zero-order valence-corrected chi connectivity index (χ0v) is 11.1.